The summed E-state index contributed by atoms with van der Waals surface area (Å²) in [5, 5.41) is 9.76. The first kappa shape index (κ1) is 9.49. The average molecular weight is 201 g/mol. The summed E-state index contributed by atoms with van der Waals surface area (Å²) < 4.78 is 0. The Morgan fingerprint density at radius 2 is 2.25 bits per heavy atom. The van der Waals surface area contributed by atoms with Gasteiger partial charge in [0, 0.05) is 10.8 Å². The zero-order chi connectivity index (χ0) is 8.97. The van der Waals surface area contributed by atoms with Crippen LogP contribution in [0.25, 0.3) is 6.08 Å². The van der Waals surface area contributed by atoms with Crippen LogP contribution in [0.2, 0.25) is 5.02 Å². The molecule has 12 heavy (non-hydrogen) atoms. The fourth-order valence-corrected chi connectivity index (χ4v) is 1.12. The number of phenols is 1. The molecule has 0 radical (unpaired) electrons. The van der Waals surface area contributed by atoms with E-state index in [-0.39, 0.29) is 5.75 Å². The number of hydrogen-bond acceptors (Lipinski definition) is 2. The second-order valence-electron chi connectivity index (χ2n) is 2.29. The molecule has 64 valence electrons. The molecule has 1 N–H and O–H groups in total. The quantitative estimate of drug-likeness (QED) is 0.704. The molecule has 0 spiro atoms. The first-order valence-electron chi connectivity index (χ1n) is 3.50. The summed E-state index contributed by atoms with van der Waals surface area (Å²) in [6, 6.07) is 4.83. The van der Waals surface area contributed by atoms with Crippen molar-refractivity contribution >= 4 is 30.3 Å². The van der Waals surface area contributed by atoms with Crippen molar-refractivity contribution in [3.8, 4) is 5.75 Å². The maximum absolute atomic E-state index is 9.13. The van der Waals surface area contributed by atoms with Crippen LogP contribution in [0.3, 0.4) is 0 Å². The van der Waals surface area contributed by atoms with Gasteiger partial charge < -0.3 is 5.11 Å². The van der Waals surface area contributed by atoms with Crippen LogP contribution in [0.1, 0.15) is 5.56 Å². The maximum Gasteiger partial charge on any atom is 0.116 e. The molecule has 1 aromatic carbocycles. The van der Waals surface area contributed by atoms with Gasteiger partial charge in [-0.3, -0.25) is 0 Å². The van der Waals surface area contributed by atoms with Crippen LogP contribution in [0, 0.1) is 0 Å². The van der Waals surface area contributed by atoms with Crippen LogP contribution in [0.4, 0.5) is 0 Å². The Kier molecular flexibility index (Phi) is 3.50. The van der Waals surface area contributed by atoms with E-state index in [0.29, 0.717) is 10.8 Å². The fraction of sp³-hybridized carbons (Fsp3) is 0.111. The molecule has 1 aromatic rings. The minimum Gasteiger partial charge on any atom is -0.508 e. The zero-order valence-electron chi connectivity index (χ0n) is 6.37. The molecule has 0 fully saturated rings. The average Bonchev–Trinajstić information content (AvgIpc) is 2.07. The molecular weight excluding hydrogens is 192 g/mol. The van der Waals surface area contributed by atoms with Gasteiger partial charge >= 0.3 is 0 Å². The molecule has 0 unspecified atom stereocenters. The lowest BCUT2D eigenvalue weighted by molar-refractivity contribution is 0.475. The molecule has 1 nitrogen and oxygen atoms in total. The number of benzene rings is 1. The van der Waals surface area contributed by atoms with Crippen LogP contribution in [0.5, 0.6) is 5.75 Å². The Hall–Kier alpha value is -0.600. The lowest BCUT2D eigenvalue weighted by atomic mass is 10.2. The van der Waals surface area contributed by atoms with Crippen molar-refractivity contribution in [1.29, 1.82) is 0 Å². The highest BCUT2D eigenvalue weighted by Gasteiger charge is 1.96. The molecule has 0 saturated heterocycles. The minimum absolute atomic E-state index is 0.221. The number of rotatable bonds is 2. The van der Waals surface area contributed by atoms with Gasteiger partial charge in [-0.1, -0.05) is 23.8 Å². The third-order valence-electron chi connectivity index (χ3n) is 1.38. The van der Waals surface area contributed by atoms with Crippen molar-refractivity contribution in [2.75, 3.05) is 5.75 Å². The molecule has 0 aliphatic heterocycles. The highest BCUT2D eigenvalue weighted by molar-refractivity contribution is 7.80. The number of aromatic hydroxyl groups is 1. The van der Waals surface area contributed by atoms with Crippen molar-refractivity contribution in [2.45, 2.75) is 0 Å². The van der Waals surface area contributed by atoms with Gasteiger partial charge in [0.05, 0.1) is 0 Å². The summed E-state index contributed by atoms with van der Waals surface area (Å²) in [7, 11) is 0. The first-order valence-corrected chi connectivity index (χ1v) is 4.51. The van der Waals surface area contributed by atoms with E-state index in [1.807, 2.05) is 12.2 Å². The van der Waals surface area contributed by atoms with E-state index in [4.69, 9.17) is 16.7 Å². The highest BCUT2D eigenvalue weighted by atomic mass is 35.5. The third-order valence-corrected chi connectivity index (χ3v) is 1.94. The lowest BCUT2D eigenvalue weighted by Gasteiger charge is -1.98. The Balaban J connectivity index is 2.97. The second kappa shape index (κ2) is 4.43. The topological polar surface area (TPSA) is 20.2 Å². The van der Waals surface area contributed by atoms with E-state index >= 15 is 0 Å². The van der Waals surface area contributed by atoms with Crippen molar-refractivity contribution in [2.24, 2.45) is 0 Å². The third kappa shape index (κ3) is 2.47. The van der Waals surface area contributed by atoms with Gasteiger partial charge in [0.2, 0.25) is 0 Å². The standard InChI is InChI=1S/C9H9ClOS/c10-9-4-3-8(11)6-7(9)2-1-5-12/h1-4,6,11-12H,5H2. The second-order valence-corrected chi connectivity index (χ2v) is 3.06. The van der Waals surface area contributed by atoms with E-state index in [9.17, 15) is 0 Å². The molecule has 0 aliphatic carbocycles. The highest BCUT2D eigenvalue weighted by Crippen LogP contribution is 2.22. The molecule has 0 aliphatic rings. The normalized spacial score (nSPS) is 10.8. The summed E-state index contributed by atoms with van der Waals surface area (Å²) in [5.41, 5.74) is 0.811. The van der Waals surface area contributed by atoms with Crippen LogP contribution >= 0.6 is 24.2 Å². The molecule has 0 heterocycles. The van der Waals surface area contributed by atoms with E-state index in [2.05, 4.69) is 12.6 Å². The fourth-order valence-electron chi connectivity index (χ4n) is 0.839. The molecular formula is C9H9ClOS. The van der Waals surface area contributed by atoms with Crippen molar-refractivity contribution in [1.82, 2.24) is 0 Å². The minimum atomic E-state index is 0.221. The number of halogens is 1. The lowest BCUT2D eigenvalue weighted by Crippen LogP contribution is -1.74. The summed E-state index contributed by atoms with van der Waals surface area (Å²) in [5.74, 6) is 0.879. The molecule has 0 amide bonds. The van der Waals surface area contributed by atoms with Gasteiger partial charge in [-0.2, -0.15) is 12.6 Å². The Labute approximate surface area is 82.1 Å². The van der Waals surface area contributed by atoms with Gasteiger partial charge in [-0.25, -0.2) is 0 Å². The zero-order valence-corrected chi connectivity index (χ0v) is 8.02. The Morgan fingerprint density at radius 3 is 2.92 bits per heavy atom. The van der Waals surface area contributed by atoms with Crippen molar-refractivity contribution in [3.63, 3.8) is 0 Å². The van der Waals surface area contributed by atoms with E-state index in [1.165, 1.54) is 0 Å². The monoisotopic (exact) mass is 200 g/mol. The van der Waals surface area contributed by atoms with Crippen LogP contribution < -0.4 is 0 Å². The number of hydrogen-bond donors (Lipinski definition) is 2. The smallest absolute Gasteiger partial charge is 0.116 e. The Bertz CT molecular complexity index is 297. The largest absolute Gasteiger partial charge is 0.508 e. The first-order chi connectivity index (χ1) is 5.74. The van der Waals surface area contributed by atoms with Gasteiger partial charge in [0.25, 0.3) is 0 Å². The molecule has 0 aromatic heterocycles. The van der Waals surface area contributed by atoms with Crippen LogP contribution in [-0.4, -0.2) is 10.9 Å². The molecule has 3 heteroatoms. The summed E-state index contributed by atoms with van der Waals surface area (Å²) in [6.45, 7) is 0. The van der Waals surface area contributed by atoms with E-state index in [1.54, 1.807) is 18.2 Å². The number of phenolic OH excluding ortho intramolecular Hbond substituents is 1. The predicted molar refractivity (Wildman–Crippen MR) is 56.0 cm³/mol. The predicted octanol–water partition coefficient (Wildman–Crippen LogP) is 2.99. The van der Waals surface area contributed by atoms with Gasteiger partial charge in [0.1, 0.15) is 5.75 Å². The van der Waals surface area contributed by atoms with Crippen molar-refractivity contribution < 1.29 is 5.11 Å². The van der Waals surface area contributed by atoms with Gasteiger partial charge in [-0.15, -0.1) is 0 Å². The van der Waals surface area contributed by atoms with E-state index in [0.717, 1.165) is 5.56 Å². The van der Waals surface area contributed by atoms with Crippen LogP contribution in [-0.2, 0) is 0 Å². The summed E-state index contributed by atoms with van der Waals surface area (Å²) >= 11 is 9.86. The SMILES string of the molecule is Oc1ccc(Cl)c(C=CCS)c1. The van der Waals surface area contributed by atoms with Crippen LogP contribution in [0.15, 0.2) is 24.3 Å². The number of thiol groups is 1. The molecule has 0 saturated carbocycles. The summed E-state index contributed by atoms with van der Waals surface area (Å²) in [6.07, 6.45) is 3.69. The Morgan fingerprint density at radius 1 is 1.50 bits per heavy atom. The molecule has 1 rings (SSSR count). The molecule has 0 atom stereocenters. The van der Waals surface area contributed by atoms with Crippen molar-refractivity contribution in [3.05, 3.63) is 34.9 Å². The van der Waals surface area contributed by atoms with E-state index < -0.39 is 0 Å². The van der Waals surface area contributed by atoms with Gasteiger partial charge in [0.15, 0.2) is 0 Å². The molecule has 0 bridgehead atoms. The van der Waals surface area contributed by atoms with Gasteiger partial charge in [-0.05, 0) is 23.8 Å². The maximum atomic E-state index is 9.13. The summed E-state index contributed by atoms with van der Waals surface area (Å²) in [4.78, 5) is 0.